The molecule has 0 N–H and O–H groups in total. The highest BCUT2D eigenvalue weighted by atomic mass is 19.1. The summed E-state index contributed by atoms with van der Waals surface area (Å²) in [5, 5.41) is 4.76. The predicted octanol–water partition coefficient (Wildman–Crippen LogP) is 4.07. The zero-order chi connectivity index (χ0) is 23.1. The lowest BCUT2D eigenvalue weighted by atomic mass is 10.1. The van der Waals surface area contributed by atoms with Crippen LogP contribution in [0.4, 0.5) is 4.39 Å². The number of halogens is 1. The van der Waals surface area contributed by atoms with Crippen molar-refractivity contribution in [1.29, 1.82) is 0 Å². The van der Waals surface area contributed by atoms with Crippen molar-refractivity contribution in [2.24, 2.45) is 0 Å². The van der Waals surface area contributed by atoms with Gasteiger partial charge in [-0.2, -0.15) is 5.10 Å². The fourth-order valence-corrected chi connectivity index (χ4v) is 3.90. The van der Waals surface area contributed by atoms with Gasteiger partial charge in [0.1, 0.15) is 29.2 Å². The number of pyridine rings is 1. The number of hydrogen-bond donors (Lipinski definition) is 0. The lowest BCUT2D eigenvalue weighted by molar-refractivity contribution is 0.0991. The van der Waals surface area contributed by atoms with E-state index in [1.807, 2.05) is 40.9 Å². The smallest absolute Gasteiger partial charge is 0.171 e. The number of rotatable bonds is 5. The summed E-state index contributed by atoms with van der Waals surface area (Å²) < 4.78 is 17.1. The van der Waals surface area contributed by atoms with Crippen molar-refractivity contribution >= 4 is 17.1 Å². The minimum absolute atomic E-state index is 0.114. The van der Waals surface area contributed by atoms with Crippen LogP contribution in [0.1, 0.15) is 16.1 Å². The van der Waals surface area contributed by atoms with Gasteiger partial charge < -0.3 is 0 Å². The van der Waals surface area contributed by atoms with Gasteiger partial charge in [-0.1, -0.05) is 6.07 Å². The van der Waals surface area contributed by atoms with Crippen molar-refractivity contribution in [3.05, 3.63) is 103 Å². The number of aromatic nitrogens is 7. The average Bonchev–Trinajstić information content (AvgIpc) is 3.45. The molecule has 1 aromatic carbocycles. The Labute approximate surface area is 192 Å². The van der Waals surface area contributed by atoms with Crippen LogP contribution in [0, 0.1) is 5.82 Å². The Morgan fingerprint density at radius 3 is 2.56 bits per heavy atom. The highest BCUT2D eigenvalue weighted by molar-refractivity contribution is 5.96. The fraction of sp³-hybridized carbons (Fsp3) is 0.0400. The van der Waals surface area contributed by atoms with Crippen molar-refractivity contribution in [1.82, 2.24) is 34.0 Å². The van der Waals surface area contributed by atoms with E-state index in [9.17, 15) is 9.18 Å². The Bertz CT molecular complexity index is 1660. The highest BCUT2D eigenvalue weighted by Gasteiger charge is 2.18. The summed E-state index contributed by atoms with van der Waals surface area (Å²) in [6, 6.07) is 15.7. The summed E-state index contributed by atoms with van der Waals surface area (Å²) in [6.07, 6.45) is 8.13. The van der Waals surface area contributed by atoms with E-state index in [4.69, 9.17) is 10.1 Å². The van der Waals surface area contributed by atoms with Crippen molar-refractivity contribution in [2.75, 3.05) is 0 Å². The lowest BCUT2D eigenvalue weighted by Gasteiger charge is -2.05. The molecule has 0 aliphatic carbocycles. The van der Waals surface area contributed by atoms with E-state index in [-0.39, 0.29) is 18.0 Å². The van der Waals surface area contributed by atoms with Gasteiger partial charge in [-0.25, -0.2) is 28.8 Å². The SMILES string of the molecule is O=C(Cc1cn2nc(-c3c(-c4ccc(F)cc4)nc4ccccn34)ccc2n1)c1cncnc1. The Hall–Kier alpha value is -4.79. The number of carbonyl (C=O) groups is 1. The summed E-state index contributed by atoms with van der Waals surface area (Å²) in [5.74, 6) is -0.430. The number of ketones is 1. The molecule has 0 radical (unpaired) electrons. The number of benzene rings is 1. The van der Waals surface area contributed by atoms with E-state index < -0.39 is 0 Å². The van der Waals surface area contributed by atoms with Crippen LogP contribution >= 0.6 is 0 Å². The zero-order valence-corrected chi connectivity index (χ0v) is 17.7. The van der Waals surface area contributed by atoms with Gasteiger partial charge in [0.25, 0.3) is 0 Å². The van der Waals surface area contributed by atoms with Crippen LogP contribution in [0.25, 0.3) is 33.9 Å². The molecule has 0 unspecified atom stereocenters. The Morgan fingerprint density at radius 2 is 1.74 bits per heavy atom. The van der Waals surface area contributed by atoms with Gasteiger partial charge in [0.05, 0.1) is 29.6 Å². The van der Waals surface area contributed by atoms with Crippen LogP contribution in [0.2, 0.25) is 0 Å². The van der Waals surface area contributed by atoms with Gasteiger partial charge in [0.15, 0.2) is 11.4 Å². The molecule has 5 heterocycles. The van der Waals surface area contributed by atoms with Gasteiger partial charge in [0, 0.05) is 24.2 Å². The summed E-state index contributed by atoms with van der Waals surface area (Å²) >= 11 is 0. The summed E-state index contributed by atoms with van der Waals surface area (Å²) in [7, 11) is 0. The third-order valence-electron chi connectivity index (χ3n) is 5.48. The molecule has 9 heteroatoms. The molecule has 34 heavy (non-hydrogen) atoms. The van der Waals surface area contributed by atoms with Crippen molar-refractivity contribution < 1.29 is 9.18 Å². The van der Waals surface area contributed by atoms with E-state index >= 15 is 0 Å². The molecular weight excluding hydrogens is 433 g/mol. The van der Waals surface area contributed by atoms with Crippen LogP contribution in [-0.4, -0.2) is 39.7 Å². The van der Waals surface area contributed by atoms with E-state index in [0.717, 1.165) is 16.9 Å². The summed E-state index contributed by atoms with van der Waals surface area (Å²) in [4.78, 5) is 29.6. The van der Waals surface area contributed by atoms with Gasteiger partial charge >= 0.3 is 0 Å². The number of nitrogens with zero attached hydrogens (tertiary/aromatic N) is 7. The molecular formula is C25H16FN7O. The van der Waals surface area contributed by atoms with Gasteiger partial charge in [-0.3, -0.25) is 9.20 Å². The van der Waals surface area contributed by atoms with E-state index in [1.54, 1.807) is 22.8 Å². The van der Waals surface area contributed by atoms with Gasteiger partial charge in [-0.15, -0.1) is 0 Å². The quantitative estimate of drug-likeness (QED) is 0.369. The average molecular weight is 449 g/mol. The van der Waals surface area contributed by atoms with Crippen LogP contribution in [0.15, 0.2) is 85.7 Å². The molecule has 0 saturated heterocycles. The first-order valence-corrected chi connectivity index (χ1v) is 10.5. The second kappa shape index (κ2) is 7.96. The van der Waals surface area contributed by atoms with Crippen molar-refractivity contribution in [3.8, 4) is 22.6 Å². The molecule has 0 aliphatic rings. The Morgan fingerprint density at radius 1 is 0.912 bits per heavy atom. The fourth-order valence-electron chi connectivity index (χ4n) is 3.90. The number of Topliss-reactive ketones (excluding diaryl/α,β-unsaturated/α-hetero) is 1. The Balaban J connectivity index is 1.43. The Kier molecular flexibility index (Phi) is 4.65. The van der Waals surface area contributed by atoms with Crippen LogP contribution in [-0.2, 0) is 6.42 Å². The van der Waals surface area contributed by atoms with Gasteiger partial charge in [0.2, 0.25) is 0 Å². The molecule has 8 nitrogen and oxygen atoms in total. The second-order valence-corrected chi connectivity index (χ2v) is 7.73. The molecule has 0 amide bonds. The molecule has 0 atom stereocenters. The molecule has 5 aromatic heterocycles. The normalized spacial score (nSPS) is 11.3. The molecule has 6 aromatic rings. The minimum atomic E-state index is -0.309. The minimum Gasteiger partial charge on any atom is -0.298 e. The number of hydrogen-bond acceptors (Lipinski definition) is 6. The third kappa shape index (κ3) is 3.49. The monoisotopic (exact) mass is 449 g/mol. The molecule has 164 valence electrons. The first kappa shape index (κ1) is 19.9. The van der Waals surface area contributed by atoms with Crippen LogP contribution < -0.4 is 0 Å². The van der Waals surface area contributed by atoms with Crippen molar-refractivity contribution in [2.45, 2.75) is 6.42 Å². The molecule has 6 rings (SSSR count). The number of fused-ring (bicyclic) bond motifs is 2. The zero-order valence-electron chi connectivity index (χ0n) is 17.7. The molecule has 0 aliphatic heterocycles. The molecule has 0 bridgehead atoms. The van der Waals surface area contributed by atoms with Gasteiger partial charge in [-0.05, 0) is 48.5 Å². The highest BCUT2D eigenvalue weighted by Crippen LogP contribution is 2.32. The summed E-state index contributed by atoms with van der Waals surface area (Å²) in [6.45, 7) is 0. The number of carbonyl (C=O) groups excluding carboxylic acids is 1. The predicted molar refractivity (Wildman–Crippen MR) is 123 cm³/mol. The maximum absolute atomic E-state index is 13.5. The van der Waals surface area contributed by atoms with Crippen LogP contribution in [0.3, 0.4) is 0 Å². The first-order valence-electron chi connectivity index (χ1n) is 10.5. The molecule has 0 saturated carbocycles. The standard InChI is InChI=1S/C25H16FN7O/c26-18-6-4-16(5-7-18)24-25(32-10-2-1-3-22(32)30-24)20-8-9-23-29-19(14-33(23)31-20)11-21(34)17-12-27-15-28-13-17/h1-10,12-15H,11H2. The maximum atomic E-state index is 13.5. The third-order valence-corrected chi connectivity index (χ3v) is 5.48. The second-order valence-electron chi connectivity index (χ2n) is 7.73. The van der Waals surface area contributed by atoms with Crippen molar-refractivity contribution in [3.63, 3.8) is 0 Å². The lowest BCUT2D eigenvalue weighted by Crippen LogP contribution is -2.04. The van der Waals surface area contributed by atoms with Crippen LogP contribution in [0.5, 0.6) is 0 Å². The van der Waals surface area contributed by atoms with E-state index in [2.05, 4.69) is 15.0 Å². The number of imidazole rings is 2. The first-order chi connectivity index (χ1) is 16.7. The maximum Gasteiger partial charge on any atom is 0.171 e. The molecule has 0 spiro atoms. The largest absolute Gasteiger partial charge is 0.298 e. The van der Waals surface area contributed by atoms with E-state index in [1.165, 1.54) is 30.9 Å². The molecule has 0 fully saturated rings. The van der Waals surface area contributed by atoms with E-state index in [0.29, 0.717) is 28.3 Å². The topological polar surface area (TPSA) is 90.3 Å². The summed E-state index contributed by atoms with van der Waals surface area (Å²) in [5.41, 5.74) is 5.31.